The Kier molecular flexibility index (Phi) is 8.95. The van der Waals surface area contributed by atoms with Gasteiger partial charge in [0.25, 0.3) is 0 Å². The Morgan fingerprint density at radius 3 is 2.00 bits per heavy atom. The first-order valence-electron chi connectivity index (χ1n) is 5.18. The zero-order valence-electron chi connectivity index (χ0n) is 8.82. The second-order valence-electron chi connectivity index (χ2n) is 3.68. The maximum Gasteiger partial charge on any atom is 0.00767 e. The van der Waals surface area contributed by atoms with E-state index in [-0.39, 0.29) is 0 Å². The molecule has 2 heteroatoms. The summed E-state index contributed by atoms with van der Waals surface area (Å²) in [6.07, 6.45) is 2.51. The number of hydrogen-bond donors (Lipinski definition) is 2. The molecule has 12 heavy (non-hydrogen) atoms. The lowest BCUT2D eigenvalue weighted by Gasteiger charge is -2.07. The van der Waals surface area contributed by atoms with Crippen LogP contribution in [0.15, 0.2) is 0 Å². The van der Waals surface area contributed by atoms with Crippen molar-refractivity contribution < 1.29 is 0 Å². The van der Waals surface area contributed by atoms with Crippen LogP contribution in [-0.4, -0.2) is 26.2 Å². The Morgan fingerprint density at radius 1 is 0.917 bits per heavy atom. The van der Waals surface area contributed by atoms with Crippen molar-refractivity contribution in [1.29, 1.82) is 0 Å². The fraction of sp³-hybridized carbons (Fsp3) is 1.00. The van der Waals surface area contributed by atoms with Crippen molar-refractivity contribution in [3.63, 3.8) is 0 Å². The Balaban J connectivity index is 2.82. The first-order chi connectivity index (χ1) is 5.77. The third-order valence-corrected chi connectivity index (χ3v) is 1.80. The number of rotatable bonds is 8. The average molecular weight is 172 g/mol. The van der Waals surface area contributed by atoms with Gasteiger partial charge in [-0.2, -0.15) is 0 Å². The molecule has 0 bridgehead atoms. The summed E-state index contributed by atoms with van der Waals surface area (Å²) in [5.41, 5.74) is 0. The Bertz CT molecular complexity index is 81.9. The first kappa shape index (κ1) is 11.9. The predicted octanol–water partition coefficient (Wildman–Crippen LogP) is 1.62. The van der Waals surface area contributed by atoms with Gasteiger partial charge in [0.1, 0.15) is 0 Å². The molecular weight excluding hydrogens is 148 g/mol. The van der Waals surface area contributed by atoms with Gasteiger partial charge in [-0.3, -0.25) is 0 Å². The molecule has 0 heterocycles. The zero-order valence-corrected chi connectivity index (χ0v) is 8.82. The highest BCUT2D eigenvalue weighted by atomic mass is 14.9. The molecule has 0 aromatic carbocycles. The molecule has 0 saturated heterocycles. The van der Waals surface area contributed by atoms with Crippen molar-refractivity contribution in [3.05, 3.63) is 0 Å². The van der Waals surface area contributed by atoms with Crippen molar-refractivity contribution in [2.45, 2.75) is 33.6 Å². The van der Waals surface area contributed by atoms with E-state index in [1.165, 1.54) is 12.8 Å². The van der Waals surface area contributed by atoms with Crippen LogP contribution in [0.25, 0.3) is 0 Å². The molecule has 0 radical (unpaired) electrons. The van der Waals surface area contributed by atoms with Crippen molar-refractivity contribution >= 4 is 0 Å². The van der Waals surface area contributed by atoms with E-state index in [0.717, 1.165) is 32.1 Å². The summed E-state index contributed by atoms with van der Waals surface area (Å²) >= 11 is 0. The van der Waals surface area contributed by atoms with Gasteiger partial charge in [0.15, 0.2) is 0 Å². The minimum absolute atomic E-state index is 0.820. The van der Waals surface area contributed by atoms with Gasteiger partial charge in [0.05, 0.1) is 0 Å². The summed E-state index contributed by atoms with van der Waals surface area (Å²) in [5, 5.41) is 6.77. The molecule has 74 valence electrons. The molecule has 2 N–H and O–H groups in total. The fourth-order valence-electron chi connectivity index (χ4n) is 0.994. The van der Waals surface area contributed by atoms with Crippen LogP contribution in [0.2, 0.25) is 0 Å². The molecule has 0 saturated carbocycles. The van der Waals surface area contributed by atoms with Crippen LogP contribution in [0.5, 0.6) is 0 Å². The minimum atomic E-state index is 0.820. The second kappa shape index (κ2) is 9.01. The fourth-order valence-corrected chi connectivity index (χ4v) is 0.994. The van der Waals surface area contributed by atoms with Crippen LogP contribution in [0.4, 0.5) is 0 Å². The maximum atomic E-state index is 3.41. The highest BCUT2D eigenvalue weighted by molar-refractivity contribution is 4.53. The second-order valence-corrected chi connectivity index (χ2v) is 3.68. The van der Waals surface area contributed by atoms with Gasteiger partial charge in [-0.25, -0.2) is 0 Å². The summed E-state index contributed by atoms with van der Waals surface area (Å²) in [4.78, 5) is 0. The van der Waals surface area contributed by atoms with E-state index in [1.807, 2.05) is 0 Å². The zero-order chi connectivity index (χ0) is 9.23. The molecule has 2 nitrogen and oxygen atoms in total. The molecule has 0 aliphatic rings. The van der Waals surface area contributed by atoms with Gasteiger partial charge in [-0.15, -0.1) is 0 Å². The summed E-state index contributed by atoms with van der Waals surface area (Å²) < 4.78 is 0. The lowest BCUT2D eigenvalue weighted by molar-refractivity contribution is 0.527. The SMILES string of the molecule is CCCNCCNCCC(C)C. The Labute approximate surface area is 77.1 Å². The van der Waals surface area contributed by atoms with E-state index in [4.69, 9.17) is 0 Å². The van der Waals surface area contributed by atoms with Crippen LogP contribution in [0.3, 0.4) is 0 Å². The van der Waals surface area contributed by atoms with Gasteiger partial charge in [-0.1, -0.05) is 20.8 Å². The monoisotopic (exact) mass is 172 g/mol. The highest BCUT2D eigenvalue weighted by Gasteiger charge is 1.92. The van der Waals surface area contributed by atoms with Gasteiger partial charge >= 0.3 is 0 Å². The lowest BCUT2D eigenvalue weighted by atomic mass is 10.1. The van der Waals surface area contributed by atoms with Crippen LogP contribution in [0, 0.1) is 5.92 Å². The highest BCUT2D eigenvalue weighted by Crippen LogP contribution is 1.95. The predicted molar refractivity (Wildman–Crippen MR) is 55.5 cm³/mol. The van der Waals surface area contributed by atoms with Crippen molar-refractivity contribution in [3.8, 4) is 0 Å². The molecule has 0 unspecified atom stereocenters. The van der Waals surface area contributed by atoms with Crippen molar-refractivity contribution in [1.82, 2.24) is 10.6 Å². The normalized spacial score (nSPS) is 11.0. The minimum Gasteiger partial charge on any atom is -0.315 e. The summed E-state index contributed by atoms with van der Waals surface area (Å²) in [5.74, 6) is 0.820. The Hall–Kier alpha value is -0.0800. The van der Waals surface area contributed by atoms with E-state index in [2.05, 4.69) is 31.4 Å². The van der Waals surface area contributed by atoms with Gasteiger partial charge in [0, 0.05) is 13.1 Å². The maximum absolute atomic E-state index is 3.41. The van der Waals surface area contributed by atoms with Gasteiger partial charge in [-0.05, 0) is 31.8 Å². The standard InChI is InChI=1S/C10H24N2/c1-4-6-11-8-9-12-7-5-10(2)3/h10-12H,4-9H2,1-3H3. The van der Waals surface area contributed by atoms with E-state index < -0.39 is 0 Å². The molecule has 0 amide bonds. The Morgan fingerprint density at radius 2 is 1.50 bits per heavy atom. The smallest absolute Gasteiger partial charge is 0.00767 e. The van der Waals surface area contributed by atoms with Crippen LogP contribution in [-0.2, 0) is 0 Å². The number of nitrogens with one attached hydrogen (secondary N) is 2. The average Bonchev–Trinajstić information content (AvgIpc) is 2.02. The third kappa shape index (κ3) is 9.92. The van der Waals surface area contributed by atoms with Gasteiger partial charge < -0.3 is 10.6 Å². The molecule has 0 aromatic heterocycles. The summed E-state index contributed by atoms with van der Waals surface area (Å²) in [6, 6.07) is 0. The molecule has 0 atom stereocenters. The third-order valence-electron chi connectivity index (χ3n) is 1.80. The quantitative estimate of drug-likeness (QED) is 0.544. The van der Waals surface area contributed by atoms with E-state index >= 15 is 0 Å². The van der Waals surface area contributed by atoms with Gasteiger partial charge in [0.2, 0.25) is 0 Å². The topological polar surface area (TPSA) is 24.1 Å². The molecule has 0 fully saturated rings. The van der Waals surface area contributed by atoms with Crippen LogP contribution < -0.4 is 10.6 Å². The molecule has 0 rings (SSSR count). The molecular formula is C10H24N2. The molecule has 0 spiro atoms. The van der Waals surface area contributed by atoms with E-state index in [0.29, 0.717) is 0 Å². The summed E-state index contributed by atoms with van der Waals surface area (Å²) in [7, 11) is 0. The van der Waals surface area contributed by atoms with Crippen LogP contribution in [0.1, 0.15) is 33.6 Å². The van der Waals surface area contributed by atoms with Crippen molar-refractivity contribution in [2.24, 2.45) is 5.92 Å². The number of hydrogen-bond acceptors (Lipinski definition) is 2. The van der Waals surface area contributed by atoms with Crippen molar-refractivity contribution in [2.75, 3.05) is 26.2 Å². The molecule has 0 aliphatic carbocycles. The first-order valence-corrected chi connectivity index (χ1v) is 5.18. The van der Waals surface area contributed by atoms with E-state index in [1.54, 1.807) is 0 Å². The summed E-state index contributed by atoms with van der Waals surface area (Å²) in [6.45, 7) is 11.2. The van der Waals surface area contributed by atoms with E-state index in [9.17, 15) is 0 Å². The largest absolute Gasteiger partial charge is 0.315 e. The lowest BCUT2D eigenvalue weighted by Crippen LogP contribution is -2.28. The molecule has 0 aliphatic heterocycles. The van der Waals surface area contributed by atoms with Crippen LogP contribution >= 0.6 is 0 Å². The molecule has 0 aromatic rings.